The van der Waals surface area contributed by atoms with Crippen LogP contribution in [-0.2, 0) is 11.2 Å². The highest BCUT2D eigenvalue weighted by Crippen LogP contribution is 2.32. The van der Waals surface area contributed by atoms with Crippen molar-refractivity contribution in [3.8, 4) is 0 Å². The number of carbonyl (C=O) groups is 1. The van der Waals surface area contributed by atoms with Crippen LogP contribution in [0.4, 0.5) is 11.8 Å². The smallest absolute Gasteiger partial charge is 0.224 e. The molecule has 1 amide bonds. The second-order valence-electron chi connectivity index (χ2n) is 7.39. The Balaban J connectivity index is 1.49. The normalized spacial score (nSPS) is 18.9. The summed E-state index contributed by atoms with van der Waals surface area (Å²) in [6.07, 6.45) is 5.49. The number of hydrogen-bond donors (Lipinski definition) is 2. The first-order chi connectivity index (χ1) is 13.8. The second-order valence-corrected chi connectivity index (χ2v) is 8.58. The van der Waals surface area contributed by atoms with E-state index in [0.29, 0.717) is 26.6 Å². The van der Waals surface area contributed by atoms with E-state index in [9.17, 15) is 4.79 Å². The number of rotatable bonds is 6. The minimum absolute atomic E-state index is 0.102. The summed E-state index contributed by atoms with van der Waals surface area (Å²) in [4.78, 5) is 23.2. The van der Waals surface area contributed by atoms with Crippen molar-refractivity contribution in [2.75, 3.05) is 24.3 Å². The van der Waals surface area contributed by atoms with E-state index in [4.69, 9.17) is 34.8 Å². The van der Waals surface area contributed by atoms with Gasteiger partial charge in [-0.3, -0.25) is 4.79 Å². The van der Waals surface area contributed by atoms with Crippen LogP contribution in [0.3, 0.4) is 0 Å². The SMILES string of the molecule is CN(C)c1ccnc(N[C@H]2CC[C@@H](NC(=O)Cc3c(Cl)ccc(Cl)c3Cl)CC2)n1. The van der Waals surface area contributed by atoms with Crippen molar-refractivity contribution < 1.29 is 4.79 Å². The average molecular weight is 457 g/mol. The summed E-state index contributed by atoms with van der Waals surface area (Å²) in [6, 6.07) is 5.57. The zero-order chi connectivity index (χ0) is 21.0. The summed E-state index contributed by atoms with van der Waals surface area (Å²) in [5, 5.41) is 7.66. The predicted octanol–water partition coefficient (Wildman–Crippen LogP) is 4.58. The van der Waals surface area contributed by atoms with Crippen molar-refractivity contribution in [2.45, 2.75) is 44.2 Å². The van der Waals surface area contributed by atoms with Crippen LogP contribution >= 0.6 is 34.8 Å². The van der Waals surface area contributed by atoms with E-state index in [0.717, 1.165) is 31.5 Å². The third-order valence-electron chi connectivity index (χ3n) is 5.00. The number of aromatic nitrogens is 2. The molecule has 1 fully saturated rings. The predicted molar refractivity (Wildman–Crippen MR) is 119 cm³/mol. The van der Waals surface area contributed by atoms with E-state index in [1.165, 1.54) is 0 Å². The van der Waals surface area contributed by atoms with Gasteiger partial charge in [-0.05, 0) is 43.9 Å². The van der Waals surface area contributed by atoms with Gasteiger partial charge < -0.3 is 15.5 Å². The Morgan fingerprint density at radius 1 is 1.07 bits per heavy atom. The van der Waals surface area contributed by atoms with Gasteiger partial charge in [0, 0.05) is 43.0 Å². The van der Waals surface area contributed by atoms with Crippen LogP contribution in [-0.4, -0.2) is 42.1 Å². The molecule has 0 atom stereocenters. The molecule has 1 saturated carbocycles. The lowest BCUT2D eigenvalue weighted by atomic mass is 9.91. The van der Waals surface area contributed by atoms with Crippen LogP contribution in [0.15, 0.2) is 24.4 Å². The molecule has 2 aromatic rings. The van der Waals surface area contributed by atoms with Crippen LogP contribution < -0.4 is 15.5 Å². The van der Waals surface area contributed by atoms with E-state index in [2.05, 4.69) is 20.6 Å². The molecule has 0 bridgehead atoms. The molecule has 3 rings (SSSR count). The number of nitrogens with zero attached hydrogens (tertiary/aromatic N) is 3. The van der Waals surface area contributed by atoms with Gasteiger partial charge in [-0.2, -0.15) is 4.98 Å². The topological polar surface area (TPSA) is 70.2 Å². The fourth-order valence-corrected chi connectivity index (χ4v) is 4.08. The first kappa shape index (κ1) is 21.9. The Bertz CT molecular complexity index is 869. The van der Waals surface area contributed by atoms with Gasteiger partial charge in [0.05, 0.1) is 16.5 Å². The molecule has 1 aliphatic carbocycles. The first-order valence-corrected chi connectivity index (χ1v) is 10.7. The molecule has 1 aromatic carbocycles. The van der Waals surface area contributed by atoms with Crippen molar-refractivity contribution in [1.82, 2.24) is 15.3 Å². The van der Waals surface area contributed by atoms with E-state index < -0.39 is 0 Å². The lowest BCUT2D eigenvalue weighted by Gasteiger charge is -2.30. The number of benzene rings is 1. The van der Waals surface area contributed by atoms with Gasteiger partial charge >= 0.3 is 0 Å². The zero-order valence-corrected chi connectivity index (χ0v) is 18.7. The maximum atomic E-state index is 12.5. The van der Waals surface area contributed by atoms with Crippen molar-refractivity contribution in [1.29, 1.82) is 0 Å². The summed E-state index contributed by atoms with van der Waals surface area (Å²) in [5.74, 6) is 1.39. The van der Waals surface area contributed by atoms with Gasteiger partial charge in [-0.1, -0.05) is 34.8 Å². The Hall–Kier alpha value is -1.76. The molecular weight excluding hydrogens is 433 g/mol. The largest absolute Gasteiger partial charge is 0.363 e. The third-order valence-corrected chi connectivity index (χ3v) is 6.20. The fourth-order valence-electron chi connectivity index (χ4n) is 3.40. The molecule has 1 heterocycles. The van der Waals surface area contributed by atoms with Crippen LogP contribution in [0, 0.1) is 0 Å². The number of hydrogen-bond acceptors (Lipinski definition) is 5. The molecule has 0 saturated heterocycles. The first-order valence-electron chi connectivity index (χ1n) is 9.52. The number of nitrogens with one attached hydrogen (secondary N) is 2. The van der Waals surface area contributed by atoms with Crippen LogP contribution in [0.25, 0.3) is 0 Å². The molecule has 0 spiro atoms. The summed E-state index contributed by atoms with van der Waals surface area (Å²) in [6.45, 7) is 0. The fraction of sp³-hybridized carbons (Fsp3) is 0.450. The molecule has 2 N–H and O–H groups in total. The summed E-state index contributed by atoms with van der Waals surface area (Å²) < 4.78 is 0. The Morgan fingerprint density at radius 3 is 2.41 bits per heavy atom. The lowest BCUT2D eigenvalue weighted by molar-refractivity contribution is -0.121. The second kappa shape index (κ2) is 9.83. The maximum Gasteiger partial charge on any atom is 0.224 e. The molecule has 9 heteroatoms. The van der Waals surface area contributed by atoms with E-state index in [1.807, 2.05) is 25.1 Å². The Morgan fingerprint density at radius 2 is 1.72 bits per heavy atom. The van der Waals surface area contributed by atoms with Gasteiger partial charge in [0.1, 0.15) is 5.82 Å². The lowest BCUT2D eigenvalue weighted by Crippen LogP contribution is -2.41. The van der Waals surface area contributed by atoms with Crippen LogP contribution in [0.5, 0.6) is 0 Å². The molecule has 1 aromatic heterocycles. The quantitative estimate of drug-likeness (QED) is 0.622. The van der Waals surface area contributed by atoms with Gasteiger partial charge in [0.2, 0.25) is 11.9 Å². The van der Waals surface area contributed by atoms with Crippen molar-refractivity contribution in [3.05, 3.63) is 45.0 Å². The Labute approximate surface area is 186 Å². The van der Waals surface area contributed by atoms with Gasteiger partial charge in [-0.15, -0.1) is 0 Å². The zero-order valence-electron chi connectivity index (χ0n) is 16.4. The third kappa shape index (κ3) is 5.87. The summed E-state index contributed by atoms with van der Waals surface area (Å²) in [7, 11) is 3.90. The number of carbonyl (C=O) groups excluding carboxylic acids is 1. The van der Waals surface area contributed by atoms with Gasteiger partial charge in [0.25, 0.3) is 0 Å². The molecular formula is C20H24Cl3N5O. The summed E-state index contributed by atoms with van der Waals surface area (Å²) >= 11 is 18.4. The van der Waals surface area contributed by atoms with Crippen molar-refractivity contribution >= 4 is 52.5 Å². The maximum absolute atomic E-state index is 12.5. The van der Waals surface area contributed by atoms with E-state index in [1.54, 1.807) is 18.3 Å². The molecule has 0 unspecified atom stereocenters. The standard InChI is InChI=1S/C20H24Cl3N5O/c1-28(2)17-9-10-24-20(27-17)26-13-5-3-12(4-6-13)25-18(29)11-14-15(21)7-8-16(22)19(14)23/h7-10,12-13H,3-6,11H2,1-2H3,(H,25,29)(H,24,26,27)/t12-,13+. The molecule has 0 aliphatic heterocycles. The number of anilines is 2. The minimum atomic E-state index is -0.102. The number of halogens is 3. The average Bonchev–Trinajstić information content (AvgIpc) is 2.70. The molecule has 0 radical (unpaired) electrons. The van der Waals surface area contributed by atoms with E-state index >= 15 is 0 Å². The van der Waals surface area contributed by atoms with E-state index in [-0.39, 0.29) is 24.4 Å². The highest BCUT2D eigenvalue weighted by molar-refractivity contribution is 6.44. The van der Waals surface area contributed by atoms with Gasteiger partial charge in [-0.25, -0.2) is 4.98 Å². The van der Waals surface area contributed by atoms with Crippen molar-refractivity contribution in [2.24, 2.45) is 0 Å². The van der Waals surface area contributed by atoms with Crippen LogP contribution in [0.2, 0.25) is 15.1 Å². The monoisotopic (exact) mass is 455 g/mol. The van der Waals surface area contributed by atoms with Gasteiger partial charge in [0.15, 0.2) is 0 Å². The van der Waals surface area contributed by atoms with Crippen LogP contribution in [0.1, 0.15) is 31.2 Å². The highest BCUT2D eigenvalue weighted by atomic mass is 35.5. The number of amides is 1. The molecule has 29 heavy (non-hydrogen) atoms. The summed E-state index contributed by atoms with van der Waals surface area (Å²) in [5.41, 5.74) is 0.562. The highest BCUT2D eigenvalue weighted by Gasteiger charge is 2.24. The minimum Gasteiger partial charge on any atom is -0.363 e. The Kier molecular flexibility index (Phi) is 7.44. The molecule has 156 valence electrons. The van der Waals surface area contributed by atoms with Crippen molar-refractivity contribution in [3.63, 3.8) is 0 Å². The molecule has 6 nitrogen and oxygen atoms in total. The molecule has 1 aliphatic rings.